The standard InChI is InChI=1S/C26H33N9O3S/c1-18-7-6-8-19(2)24(18)22-13-23(30-25(29-22)31-39(36,37)21-15-28-34(5)17-21)38-20-14-27-26(33(4)16-20)35-11-9-32(3)10-12-35/h6-8,13-15,17H,9-12,16H2,1-5H3,(H,29,30,31). The summed E-state index contributed by atoms with van der Waals surface area (Å²) in [5, 5.41) is 3.96. The summed E-state index contributed by atoms with van der Waals surface area (Å²) in [5.74, 6) is 1.60. The van der Waals surface area contributed by atoms with E-state index in [4.69, 9.17) is 4.74 Å². The number of likely N-dealkylation sites (N-methyl/N-ethyl adjacent to an activating group) is 2. The summed E-state index contributed by atoms with van der Waals surface area (Å²) < 4.78 is 36.1. The van der Waals surface area contributed by atoms with Crippen molar-refractivity contribution in [1.29, 1.82) is 0 Å². The lowest BCUT2D eigenvalue weighted by Gasteiger charge is -2.38. The molecule has 0 atom stereocenters. The van der Waals surface area contributed by atoms with Crippen LogP contribution in [-0.4, -0.2) is 95.6 Å². The molecule has 0 spiro atoms. The van der Waals surface area contributed by atoms with Crippen LogP contribution in [0.25, 0.3) is 11.3 Å². The number of sulfonamides is 1. The van der Waals surface area contributed by atoms with E-state index in [1.807, 2.05) is 44.0 Å². The zero-order chi connectivity index (χ0) is 27.7. The minimum absolute atomic E-state index is 0.0101. The predicted molar refractivity (Wildman–Crippen MR) is 149 cm³/mol. The molecule has 0 saturated carbocycles. The summed E-state index contributed by atoms with van der Waals surface area (Å²) in [6.45, 7) is 8.25. The Bertz CT molecular complexity index is 1520. The molecular weight excluding hydrogens is 518 g/mol. The van der Waals surface area contributed by atoms with Crippen LogP contribution in [-0.2, 0) is 17.1 Å². The minimum atomic E-state index is -3.96. The molecule has 1 fully saturated rings. The first kappa shape index (κ1) is 26.6. The molecule has 1 saturated heterocycles. The summed E-state index contributed by atoms with van der Waals surface area (Å²) in [6, 6.07) is 7.66. The quantitative estimate of drug-likeness (QED) is 0.491. The Hall–Kier alpha value is -3.97. The third-order valence-corrected chi connectivity index (χ3v) is 8.02. The first-order valence-electron chi connectivity index (χ1n) is 12.7. The Balaban J connectivity index is 1.47. The molecule has 39 heavy (non-hydrogen) atoms. The average molecular weight is 552 g/mol. The summed E-state index contributed by atoms with van der Waals surface area (Å²) in [6.07, 6.45) is 4.38. The van der Waals surface area contributed by atoms with Gasteiger partial charge in [0.1, 0.15) is 10.7 Å². The first-order chi connectivity index (χ1) is 18.6. The lowest BCUT2D eigenvalue weighted by Crippen LogP contribution is -2.52. The lowest BCUT2D eigenvalue weighted by molar-refractivity contribution is 0.198. The lowest BCUT2D eigenvalue weighted by atomic mass is 10.00. The maximum atomic E-state index is 13.0. The normalized spacial score (nSPS) is 16.6. The van der Waals surface area contributed by atoms with Gasteiger partial charge in [-0.15, -0.1) is 0 Å². The SMILES string of the molecule is Cc1cccc(C)c1-c1cc(OC2=CN=C(N3CCN(C)CC3)N(C)C2)nc(NS(=O)(=O)c2cnn(C)c2)n1. The fourth-order valence-corrected chi connectivity index (χ4v) is 5.61. The number of hydrogen-bond donors (Lipinski definition) is 1. The smallest absolute Gasteiger partial charge is 0.267 e. The largest absolute Gasteiger partial charge is 0.440 e. The molecular formula is C26H33N9O3S. The molecule has 1 aromatic carbocycles. The van der Waals surface area contributed by atoms with Gasteiger partial charge in [-0.25, -0.2) is 23.1 Å². The summed E-state index contributed by atoms with van der Waals surface area (Å²) >= 11 is 0. The molecule has 13 heteroatoms. The van der Waals surface area contributed by atoms with E-state index in [1.165, 1.54) is 17.1 Å². The molecule has 12 nitrogen and oxygen atoms in total. The molecule has 2 aliphatic heterocycles. The molecule has 0 bridgehead atoms. The van der Waals surface area contributed by atoms with E-state index in [9.17, 15) is 8.42 Å². The van der Waals surface area contributed by atoms with Crippen LogP contribution in [0.1, 0.15) is 11.1 Å². The molecule has 0 unspecified atom stereocenters. The number of rotatable bonds is 6. The molecule has 2 aliphatic rings. The molecule has 4 heterocycles. The van der Waals surface area contributed by atoms with Gasteiger partial charge in [0.25, 0.3) is 10.0 Å². The number of aryl methyl sites for hydroxylation is 3. The number of nitrogens with zero attached hydrogens (tertiary/aromatic N) is 8. The van der Waals surface area contributed by atoms with Gasteiger partial charge < -0.3 is 19.4 Å². The van der Waals surface area contributed by atoms with E-state index < -0.39 is 10.0 Å². The van der Waals surface area contributed by atoms with Crippen LogP contribution in [0, 0.1) is 13.8 Å². The van der Waals surface area contributed by atoms with E-state index >= 15 is 0 Å². The van der Waals surface area contributed by atoms with Gasteiger partial charge in [0.15, 0.2) is 0 Å². The fraction of sp³-hybridized carbons (Fsp3) is 0.385. The number of guanidine groups is 1. The van der Waals surface area contributed by atoms with Crippen LogP contribution in [0.15, 0.2) is 58.5 Å². The van der Waals surface area contributed by atoms with Crippen molar-refractivity contribution in [2.75, 3.05) is 51.5 Å². The third-order valence-electron chi connectivity index (χ3n) is 6.74. The molecule has 0 amide bonds. The molecule has 5 rings (SSSR count). The van der Waals surface area contributed by atoms with Crippen LogP contribution < -0.4 is 9.46 Å². The second-order valence-electron chi connectivity index (χ2n) is 9.91. The fourth-order valence-electron chi connectivity index (χ4n) is 4.68. The number of nitrogens with one attached hydrogen (secondary N) is 1. The van der Waals surface area contributed by atoms with Gasteiger partial charge in [0.05, 0.1) is 24.6 Å². The van der Waals surface area contributed by atoms with Gasteiger partial charge in [-0.3, -0.25) is 4.68 Å². The van der Waals surface area contributed by atoms with Gasteiger partial charge in [-0.05, 0) is 32.0 Å². The van der Waals surface area contributed by atoms with E-state index in [0.717, 1.165) is 48.8 Å². The van der Waals surface area contributed by atoms with E-state index in [1.54, 1.807) is 19.3 Å². The Morgan fingerprint density at radius 1 is 1.00 bits per heavy atom. The molecule has 3 aromatic rings. The van der Waals surface area contributed by atoms with E-state index in [2.05, 4.69) is 41.6 Å². The van der Waals surface area contributed by atoms with Gasteiger partial charge >= 0.3 is 0 Å². The van der Waals surface area contributed by atoms with Crippen molar-refractivity contribution in [1.82, 2.24) is 34.4 Å². The molecule has 0 aliphatic carbocycles. The number of aromatic nitrogens is 4. The van der Waals surface area contributed by atoms with Crippen molar-refractivity contribution in [2.45, 2.75) is 18.7 Å². The maximum Gasteiger partial charge on any atom is 0.267 e. The number of anilines is 1. The minimum Gasteiger partial charge on any atom is -0.440 e. The second-order valence-corrected chi connectivity index (χ2v) is 11.6. The topological polar surface area (TPSA) is 121 Å². The number of ether oxygens (including phenoxy) is 1. The van der Waals surface area contributed by atoms with Crippen LogP contribution in [0.2, 0.25) is 0 Å². The Morgan fingerprint density at radius 2 is 1.72 bits per heavy atom. The van der Waals surface area contributed by atoms with Crippen molar-refractivity contribution in [3.8, 4) is 17.1 Å². The van der Waals surface area contributed by atoms with Gasteiger partial charge in [0, 0.05) is 58.1 Å². The number of aliphatic imine (C=N–C) groups is 1. The predicted octanol–water partition coefficient (Wildman–Crippen LogP) is 2.06. The number of piperazine rings is 1. The second kappa shape index (κ2) is 10.7. The number of hydrogen-bond acceptors (Lipinski definition) is 10. The van der Waals surface area contributed by atoms with Crippen LogP contribution in [0.5, 0.6) is 5.88 Å². The van der Waals surface area contributed by atoms with E-state index in [0.29, 0.717) is 18.0 Å². The van der Waals surface area contributed by atoms with Crippen LogP contribution >= 0.6 is 0 Å². The summed E-state index contributed by atoms with van der Waals surface area (Å²) in [5.41, 5.74) is 3.43. The Kier molecular flexibility index (Phi) is 7.28. The van der Waals surface area contributed by atoms with Crippen molar-refractivity contribution >= 4 is 21.9 Å². The van der Waals surface area contributed by atoms with Gasteiger partial charge in [0.2, 0.25) is 17.8 Å². The molecule has 1 N–H and O–H groups in total. The highest BCUT2D eigenvalue weighted by molar-refractivity contribution is 7.92. The van der Waals surface area contributed by atoms with Crippen molar-refractivity contribution < 1.29 is 13.2 Å². The average Bonchev–Trinajstić information content (AvgIpc) is 3.32. The van der Waals surface area contributed by atoms with E-state index in [-0.39, 0.29) is 16.7 Å². The van der Waals surface area contributed by atoms with Gasteiger partial charge in [-0.2, -0.15) is 10.1 Å². The van der Waals surface area contributed by atoms with Crippen molar-refractivity contribution in [3.05, 3.63) is 59.7 Å². The summed E-state index contributed by atoms with van der Waals surface area (Å²) in [7, 11) is 1.78. The van der Waals surface area contributed by atoms with Crippen LogP contribution in [0.4, 0.5) is 5.95 Å². The summed E-state index contributed by atoms with van der Waals surface area (Å²) in [4.78, 5) is 20.2. The first-order valence-corrected chi connectivity index (χ1v) is 14.1. The zero-order valence-electron chi connectivity index (χ0n) is 22.8. The van der Waals surface area contributed by atoms with Crippen LogP contribution in [0.3, 0.4) is 0 Å². The molecule has 206 valence electrons. The van der Waals surface area contributed by atoms with Crippen molar-refractivity contribution in [2.24, 2.45) is 12.0 Å². The molecule has 0 radical (unpaired) electrons. The highest BCUT2D eigenvalue weighted by Crippen LogP contribution is 2.30. The highest BCUT2D eigenvalue weighted by Gasteiger charge is 2.25. The number of benzene rings is 1. The molecule has 2 aromatic heterocycles. The third kappa shape index (κ3) is 5.88. The monoisotopic (exact) mass is 551 g/mol. The maximum absolute atomic E-state index is 13.0. The Morgan fingerprint density at radius 3 is 2.36 bits per heavy atom. The highest BCUT2D eigenvalue weighted by atomic mass is 32.2. The Labute approximate surface area is 228 Å². The van der Waals surface area contributed by atoms with Gasteiger partial charge in [-0.1, -0.05) is 18.2 Å². The zero-order valence-corrected chi connectivity index (χ0v) is 23.6. The van der Waals surface area contributed by atoms with Crippen molar-refractivity contribution in [3.63, 3.8) is 0 Å².